The third-order valence-electron chi connectivity index (χ3n) is 5.57. The van der Waals surface area contributed by atoms with Gasteiger partial charge in [0.15, 0.2) is 0 Å². The molecule has 28 heavy (non-hydrogen) atoms. The second-order valence-electron chi connectivity index (χ2n) is 7.78. The molecule has 150 valence electrons. The first-order valence-corrected chi connectivity index (χ1v) is 10.7. The Labute approximate surface area is 169 Å². The van der Waals surface area contributed by atoms with Gasteiger partial charge in [0.25, 0.3) is 0 Å². The van der Waals surface area contributed by atoms with E-state index in [1.165, 1.54) is 0 Å². The molecular formula is C21H27N3O3S. The van der Waals surface area contributed by atoms with E-state index < -0.39 is 0 Å². The number of fused-ring (bicyclic) bond motifs is 1. The fourth-order valence-corrected chi connectivity index (χ4v) is 5.35. The molecule has 3 heterocycles. The number of aliphatic hydroxyl groups excluding tert-OH is 1. The lowest BCUT2D eigenvalue weighted by Gasteiger charge is -2.36. The van der Waals surface area contributed by atoms with Gasteiger partial charge in [-0.3, -0.25) is 4.79 Å². The number of benzene rings is 1. The van der Waals surface area contributed by atoms with Crippen LogP contribution in [0.15, 0.2) is 24.3 Å². The molecule has 4 rings (SSSR count). The van der Waals surface area contributed by atoms with Crippen molar-refractivity contribution in [2.75, 3.05) is 25.1 Å². The van der Waals surface area contributed by atoms with E-state index >= 15 is 0 Å². The van der Waals surface area contributed by atoms with E-state index in [2.05, 4.69) is 18.7 Å². The zero-order chi connectivity index (χ0) is 19.8. The lowest BCUT2D eigenvalue weighted by Crippen LogP contribution is -2.52. The Morgan fingerprint density at radius 2 is 2.07 bits per heavy atom. The highest BCUT2D eigenvalue weighted by Gasteiger charge is 2.41. The smallest absolute Gasteiger partial charge is 0.245 e. The highest BCUT2D eigenvalue weighted by Crippen LogP contribution is 2.43. The summed E-state index contributed by atoms with van der Waals surface area (Å²) in [7, 11) is 1.66. The standard InChI is InChI=1S/C21H27N3O3S/c1-13(2)24-18(20(26)23-9-7-15(25)8-10-23)12-17-21(24)28-19(22-17)14-5-4-6-16(11-14)27-3/h4-6,11,13,15,18,25H,7-10,12H2,1-3H3. The quantitative estimate of drug-likeness (QED) is 0.853. The number of amides is 1. The normalized spacial score (nSPS) is 20.0. The molecule has 0 saturated carbocycles. The third kappa shape index (κ3) is 3.49. The van der Waals surface area contributed by atoms with Crippen LogP contribution in [0.2, 0.25) is 0 Å². The van der Waals surface area contributed by atoms with E-state index in [0.717, 1.165) is 27.0 Å². The van der Waals surface area contributed by atoms with Crippen molar-refractivity contribution in [2.45, 2.75) is 51.3 Å². The Morgan fingerprint density at radius 3 is 2.75 bits per heavy atom. The van der Waals surface area contributed by atoms with Crippen molar-refractivity contribution in [2.24, 2.45) is 0 Å². The highest BCUT2D eigenvalue weighted by molar-refractivity contribution is 7.19. The van der Waals surface area contributed by atoms with Crippen LogP contribution in [0, 0.1) is 0 Å². The largest absolute Gasteiger partial charge is 0.497 e. The molecule has 1 unspecified atom stereocenters. The van der Waals surface area contributed by atoms with E-state index in [0.29, 0.717) is 32.4 Å². The molecule has 2 aromatic rings. The summed E-state index contributed by atoms with van der Waals surface area (Å²) in [5.74, 6) is 0.975. The Kier molecular flexibility index (Phi) is 5.29. The fourth-order valence-electron chi connectivity index (χ4n) is 4.08. The monoisotopic (exact) mass is 401 g/mol. The molecule has 0 aliphatic carbocycles. The Morgan fingerprint density at radius 1 is 1.32 bits per heavy atom. The number of methoxy groups -OCH3 is 1. The van der Waals surface area contributed by atoms with Gasteiger partial charge in [-0.15, -0.1) is 0 Å². The van der Waals surface area contributed by atoms with Gasteiger partial charge < -0.3 is 19.6 Å². The number of piperidine rings is 1. The van der Waals surface area contributed by atoms with Gasteiger partial charge in [0.1, 0.15) is 21.8 Å². The van der Waals surface area contributed by atoms with Gasteiger partial charge in [-0.25, -0.2) is 4.98 Å². The highest BCUT2D eigenvalue weighted by atomic mass is 32.1. The van der Waals surface area contributed by atoms with E-state index in [1.54, 1.807) is 18.4 Å². The molecule has 2 aliphatic rings. The first-order chi connectivity index (χ1) is 13.5. The predicted molar refractivity (Wildman–Crippen MR) is 111 cm³/mol. The van der Waals surface area contributed by atoms with Crippen molar-refractivity contribution in [3.63, 3.8) is 0 Å². The van der Waals surface area contributed by atoms with Crippen LogP contribution in [0.1, 0.15) is 32.4 Å². The van der Waals surface area contributed by atoms with Gasteiger partial charge in [0.2, 0.25) is 5.91 Å². The van der Waals surface area contributed by atoms with Crippen LogP contribution in [0.4, 0.5) is 5.00 Å². The number of ether oxygens (including phenoxy) is 1. The number of carbonyl (C=O) groups excluding carboxylic acids is 1. The zero-order valence-corrected chi connectivity index (χ0v) is 17.4. The molecule has 6 nitrogen and oxygen atoms in total. The van der Waals surface area contributed by atoms with Crippen molar-refractivity contribution in [1.29, 1.82) is 0 Å². The van der Waals surface area contributed by atoms with Gasteiger partial charge in [0, 0.05) is 31.1 Å². The van der Waals surface area contributed by atoms with Gasteiger partial charge >= 0.3 is 0 Å². The summed E-state index contributed by atoms with van der Waals surface area (Å²) in [6.07, 6.45) is 1.70. The lowest BCUT2D eigenvalue weighted by atomic mass is 10.1. The number of likely N-dealkylation sites (tertiary alicyclic amines) is 1. The summed E-state index contributed by atoms with van der Waals surface area (Å²) in [4.78, 5) is 22.2. The summed E-state index contributed by atoms with van der Waals surface area (Å²) in [6.45, 7) is 5.53. The minimum atomic E-state index is -0.275. The second-order valence-corrected chi connectivity index (χ2v) is 8.76. The maximum absolute atomic E-state index is 13.2. The van der Waals surface area contributed by atoms with Crippen LogP contribution >= 0.6 is 11.3 Å². The average Bonchev–Trinajstić information content (AvgIpc) is 3.25. The molecule has 1 amide bonds. The maximum atomic E-state index is 13.2. The summed E-state index contributed by atoms with van der Waals surface area (Å²) in [5, 5.41) is 11.8. The van der Waals surface area contributed by atoms with Gasteiger partial charge in [-0.2, -0.15) is 0 Å². The SMILES string of the molecule is COc1cccc(-c2nc3c(s2)N(C(C)C)C(C(=O)N2CCC(O)CC2)C3)c1. The van der Waals surface area contributed by atoms with Crippen LogP contribution in [-0.4, -0.2) is 59.3 Å². The molecule has 0 radical (unpaired) electrons. The van der Waals surface area contributed by atoms with E-state index in [1.807, 2.05) is 29.2 Å². The number of hydrogen-bond donors (Lipinski definition) is 1. The fraction of sp³-hybridized carbons (Fsp3) is 0.524. The molecule has 2 aliphatic heterocycles. The summed E-state index contributed by atoms with van der Waals surface area (Å²) >= 11 is 1.65. The summed E-state index contributed by atoms with van der Waals surface area (Å²) in [5.41, 5.74) is 2.04. The Balaban J connectivity index is 1.58. The van der Waals surface area contributed by atoms with Crippen molar-refractivity contribution in [1.82, 2.24) is 9.88 Å². The number of aliphatic hydroxyl groups is 1. The first-order valence-electron chi connectivity index (χ1n) is 9.87. The van der Waals surface area contributed by atoms with Crippen LogP contribution in [0.3, 0.4) is 0 Å². The number of carbonyl (C=O) groups is 1. The molecule has 1 aromatic carbocycles. The number of aromatic nitrogens is 1. The predicted octanol–water partition coefficient (Wildman–Crippen LogP) is 2.94. The summed E-state index contributed by atoms with van der Waals surface area (Å²) < 4.78 is 5.33. The molecule has 7 heteroatoms. The van der Waals surface area contributed by atoms with Crippen LogP contribution < -0.4 is 9.64 Å². The maximum Gasteiger partial charge on any atom is 0.245 e. The first kappa shape index (κ1) is 19.2. The number of rotatable bonds is 4. The van der Waals surface area contributed by atoms with Crippen molar-refractivity contribution in [3.05, 3.63) is 30.0 Å². The summed E-state index contributed by atoms with van der Waals surface area (Å²) in [6, 6.07) is 7.95. The minimum Gasteiger partial charge on any atom is -0.497 e. The van der Waals surface area contributed by atoms with Crippen LogP contribution in [0.25, 0.3) is 10.6 Å². The molecule has 1 aromatic heterocycles. The van der Waals surface area contributed by atoms with Gasteiger partial charge in [-0.1, -0.05) is 23.5 Å². The number of thiazole rings is 1. The molecule has 1 saturated heterocycles. The van der Waals surface area contributed by atoms with Crippen molar-refractivity contribution >= 4 is 22.2 Å². The third-order valence-corrected chi connectivity index (χ3v) is 6.73. The molecule has 1 N–H and O–H groups in total. The number of anilines is 1. The van der Waals surface area contributed by atoms with Crippen molar-refractivity contribution in [3.8, 4) is 16.3 Å². The zero-order valence-electron chi connectivity index (χ0n) is 16.6. The van der Waals surface area contributed by atoms with Gasteiger partial charge in [-0.05, 0) is 38.8 Å². The minimum absolute atomic E-state index is 0.161. The van der Waals surface area contributed by atoms with E-state index in [-0.39, 0.29) is 24.1 Å². The van der Waals surface area contributed by atoms with Gasteiger partial charge in [0.05, 0.1) is 18.9 Å². The topological polar surface area (TPSA) is 65.9 Å². The average molecular weight is 402 g/mol. The molecule has 0 spiro atoms. The second kappa shape index (κ2) is 7.72. The molecule has 0 bridgehead atoms. The Bertz CT molecular complexity index is 858. The molecule has 1 fully saturated rings. The lowest BCUT2D eigenvalue weighted by molar-refractivity contribution is -0.134. The van der Waals surface area contributed by atoms with E-state index in [4.69, 9.17) is 9.72 Å². The molecule has 1 atom stereocenters. The van der Waals surface area contributed by atoms with Crippen LogP contribution in [0.5, 0.6) is 5.75 Å². The number of hydrogen-bond acceptors (Lipinski definition) is 6. The molecular weight excluding hydrogens is 374 g/mol. The Hall–Kier alpha value is -2.12. The number of nitrogens with zero attached hydrogens (tertiary/aromatic N) is 3. The van der Waals surface area contributed by atoms with Crippen molar-refractivity contribution < 1.29 is 14.6 Å². The van der Waals surface area contributed by atoms with E-state index in [9.17, 15) is 9.90 Å². The van der Waals surface area contributed by atoms with Crippen LogP contribution in [-0.2, 0) is 11.2 Å².